The number of carbonyl (C=O) groups excluding carboxylic acids is 1. The molecule has 26 heavy (non-hydrogen) atoms. The maximum absolute atomic E-state index is 12.3. The number of anilines is 2. The van der Waals surface area contributed by atoms with E-state index in [1.165, 1.54) is 31.2 Å². The third kappa shape index (κ3) is 5.06. The van der Waals surface area contributed by atoms with Crippen LogP contribution in [0.2, 0.25) is 0 Å². The zero-order valence-corrected chi connectivity index (χ0v) is 16.2. The number of carbonyl (C=O) groups is 1. The van der Waals surface area contributed by atoms with Gasteiger partial charge in [-0.25, -0.2) is 16.8 Å². The van der Waals surface area contributed by atoms with E-state index in [1.807, 2.05) is 0 Å². The Morgan fingerprint density at radius 3 is 2.31 bits per heavy atom. The number of aryl methyl sites for hydroxylation is 1. The minimum atomic E-state index is -3.41. The summed E-state index contributed by atoms with van der Waals surface area (Å²) in [5, 5.41) is 2.67. The topological polar surface area (TPSA) is 109 Å². The Morgan fingerprint density at radius 1 is 1.04 bits per heavy atom. The van der Waals surface area contributed by atoms with Crippen molar-refractivity contribution in [2.24, 2.45) is 0 Å². The highest BCUT2D eigenvalue weighted by atomic mass is 32.2. The molecule has 0 atom stereocenters. The molecule has 140 valence electrons. The van der Waals surface area contributed by atoms with Crippen LogP contribution in [0.5, 0.6) is 0 Å². The van der Waals surface area contributed by atoms with Crippen LogP contribution >= 0.6 is 0 Å². The van der Waals surface area contributed by atoms with Gasteiger partial charge in [0.1, 0.15) is 0 Å². The van der Waals surface area contributed by atoms with Crippen LogP contribution in [0, 0.1) is 6.92 Å². The summed E-state index contributed by atoms with van der Waals surface area (Å²) in [4.78, 5) is 12.4. The summed E-state index contributed by atoms with van der Waals surface area (Å²) in [5.41, 5.74) is 1.76. The van der Waals surface area contributed by atoms with Crippen molar-refractivity contribution in [3.63, 3.8) is 0 Å². The molecule has 0 radical (unpaired) electrons. The van der Waals surface area contributed by atoms with Gasteiger partial charge in [0.15, 0.2) is 9.84 Å². The van der Waals surface area contributed by atoms with Gasteiger partial charge in [-0.05, 0) is 55.8 Å². The van der Waals surface area contributed by atoms with E-state index in [4.69, 9.17) is 0 Å². The highest BCUT2D eigenvalue weighted by molar-refractivity contribution is 7.92. The van der Waals surface area contributed by atoms with E-state index in [9.17, 15) is 21.6 Å². The van der Waals surface area contributed by atoms with Gasteiger partial charge < -0.3 is 5.32 Å². The van der Waals surface area contributed by atoms with Gasteiger partial charge >= 0.3 is 0 Å². The molecule has 0 saturated heterocycles. The molecule has 2 aromatic carbocycles. The summed E-state index contributed by atoms with van der Waals surface area (Å²) in [6.07, 6.45) is 1.07. The molecule has 9 heteroatoms. The van der Waals surface area contributed by atoms with Crippen molar-refractivity contribution in [3.05, 3.63) is 53.6 Å². The lowest BCUT2D eigenvalue weighted by Crippen LogP contribution is -2.16. The van der Waals surface area contributed by atoms with E-state index in [2.05, 4.69) is 10.0 Å². The maximum Gasteiger partial charge on any atom is 0.255 e. The number of nitrogens with one attached hydrogen (secondary N) is 2. The van der Waals surface area contributed by atoms with Crippen LogP contribution in [0.1, 0.15) is 22.8 Å². The van der Waals surface area contributed by atoms with Crippen molar-refractivity contribution in [1.82, 2.24) is 0 Å². The van der Waals surface area contributed by atoms with Crippen LogP contribution in [-0.4, -0.2) is 34.8 Å². The molecule has 0 saturated carbocycles. The van der Waals surface area contributed by atoms with Crippen LogP contribution in [0.25, 0.3) is 0 Å². The van der Waals surface area contributed by atoms with Crippen molar-refractivity contribution >= 4 is 37.1 Å². The SMILES string of the molecule is CCS(=O)(=O)Nc1ccc(NC(=O)c2cccc(S(C)(=O)=O)c2)cc1C. The second-order valence-electron chi connectivity index (χ2n) is 5.79. The Morgan fingerprint density at radius 2 is 1.73 bits per heavy atom. The van der Waals surface area contributed by atoms with Crippen LogP contribution < -0.4 is 10.0 Å². The van der Waals surface area contributed by atoms with Gasteiger partial charge in [0, 0.05) is 17.5 Å². The largest absolute Gasteiger partial charge is 0.322 e. The summed E-state index contributed by atoms with van der Waals surface area (Å²) in [5.74, 6) is -0.501. The Balaban J connectivity index is 2.21. The summed E-state index contributed by atoms with van der Waals surface area (Å²) in [7, 11) is -6.80. The van der Waals surface area contributed by atoms with E-state index >= 15 is 0 Å². The van der Waals surface area contributed by atoms with Crippen LogP contribution in [-0.2, 0) is 19.9 Å². The first-order valence-corrected chi connectivity index (χ1v) is 11.3. The fourth-order valence-corrected chi connectivity index (χ4v) is 3.54. The first-order chi connectivity index (χ1) is 12.0. The minimum absolute atomic E-state index is 0.0401. The molecule has 0 aliphatic rings. The highest BCUT2D eigenvalue weighted by Crippen LogP contribution is 2.22. The Labute approximate surface area is 153 Å². The van der Waals surface area contributed by atoms with Gasteiger partial charge in [0.25, 0.3) is 5.91 Å². The van der Waals surface area contributed by atoms with Gasteiger partial charge in [0.05, 0.1) is 16.3 Å². The lowest BCUT2D eigenvalue weighted by atomic mass is 10.1. The van der Waals surface area contributed by atoms with Crippen molar-refractivity contribution in [2.75, 3.05) is 22.0 Å². The Bertz CT molecular complexity index is 1040. The van der Waals surface area contributed by atoms with E-state index in [0.29, 0.717) is 16.9 Å². The third-order valence-electron chi connectivity index (χ3n) is 3.65. The third-order valence-corrected chi connectivity index (χ3v) is 6.06. The predicted octanol–water partition coefficient (Wildman–Crippen LogP) is 2.41. The maximum atomic E-state index is 12.3. The van der Waals surface area contributed by atoms with E-state index in [0.717, 1.165) is 6.26 Å². The molecule has 2 N–H and O–H groups in total. The van der Waals surface area contributed by atoms with Crippen molar-refractivity contribution in [3.8, 4) is 0 Å². The lowest BCUT2D eigenvalue weighted by Gasteiger charge is -2.12. The van der Waals surface area contributed by atoms with Crippen LogP contribution in [0.15, 0.2) is 47.4 Å². The summed E-state index contributed by atoms with van der Waals surface area (Å²) in [6, 6.07) is 10.5. The molecule has 0 bridgehead atoms. The fourth-order valence-electron chi connectivity index (χ4n) is 2.17. The number of sulfone groups is 1. The lowest BCUT2D eigenvalue weighted by molar-refractivity contribution is 0.102. The molecular formula is C17H20N2O5S2. The molecule has 0 aromatic heterocycles. The monoisotopic (exact) mass is 396 g/mol. The van der Waals surface area contributed by atoms with Crippen LogP contribution in [0.3, 0.4) is 0 Å². The first-order valence-electron chi connectivity index (χ1n) is 7.74. The molecule has 2 aromatic rings. The smallest absolute Gasteiger partial charge is 0.255 e. The average molecular weight is 396 g/mol. The Kier molecular flexibility index (Phi) is 5.72. The van der Waals surface area contributed by atoms with Gasteiger partial charge in [-0.3, -0.25) is 9.52 Å². The van der Waals surface area contributed by atoms with Crippen molar-refractivity contribution in [2.45, 2.75) is 18.7 Å². The van der Waals surface area contributed by atoms with Crippen molar-refractivity contribution < 1.29 is 21.6 Å². The predicted molar refractivity (Wildman–Crippen MR) is 102 cm³/mol. The molecule has 7 nitrogen and oxygen atoms in total. The molecule has 0 spiro atoms. The second-order valence-corrected chi connectivity index (χ2v) is 9.82. The van der Waals surface area contributed by atoms with Gasteiger partial charge in [-0.15, -0.1) is 0 Å². The summed E-state index contributed by atoms with van der Waals surface area (Å²) >= 11 is 0. The number of rotatable bonds is 6. The number of sulfonamides is 1. The highest BCUT2D eigenvalue weighted by Gasteiger charge is 2.13. The molecule has 0 aliphatic heterocycles. The normalized spacial score (nSPS) is 11.8. The fraction of sp³-hybridized carbons (Fsp3) is 0.235. The number of hydrogen-bond acceptors (Lipinski definition) is 5. The van der Waals surface area contributed by atoms with Gasteiger partial charge in [0.2, 0.25) is 10.0 Å². The quantitative estimate of drug-likeness (QED) is 0.779. The number of amides is 1. The zero-order chi connectivity index (χ0) is 19.5. The first kappa shape index (κ1) is 19.9. The molecular weight excluding hydrogens is 376 g/mol. The summed E-state index contributed by atoms with van der Waals surface area (Å²) < 4.78 is 49.0. The minimum Gasteiger partial charge on any atom is -0.322 e. The summed E-state index contributed by atoms with van der Waals surface area (Å²) in [6.45, 7) is 3.25. The van der Waals surface area contributed by atoms with Gasteiger partial charge in [-0.1, -0.05) is 6.07 Å². The van der Waals surface area contributed by atoms with Gasteiger partial charge in [-0.2, -0.15) is 0 Å². The number of benzene rings is 2. The van der Waals surface area contributed by atoms with Crippen LogP contribution in [0.4, 0.5) is 11.4 Å². The zero-order valence-electron chi connectivity index (χ0n) is 14.6. The van der Waals surface area contributed by atoms with Crippen molar-refractivity contribution in [1.29, 1.82) is 0 Å². The molecule has 0 fully saturated rings. The van der Waals surface area contributed by atoms with E-state index < -0.39 is 25.8 Å². The molecule has 0 heterocycles. The average Bonchev–Trinajstić information content (AvgIpc) is 2.56. The standard InChI is InChI=1S/C17H20N2O5S2/c1-4-26(23,24)19-16-9-8-14(10-12(16)2)18-17(20)13-6-5-7-15(11-13)25(3,21)22/h5-11,19H,4H2,1-3H3,(H,18,20). The molecule has 0 aliphatic carbocycles. The molecule has 0 unspecified atom stereocenters. The second kappa shape index (κ2) is 7.46. The van der Waals surface area contributed by atoms with E-state index in [1.54, 1.807) is 25.1 Å². The van der Waals surface area contributed by atoms with E-state index in [-0.39, 0.29) is 16.2 Å². The Hall–Kier alpha value is -2.39. The number of hydrogen-bond donors (Lipinski definition) is 2. The molecule has 1 amide bonds. The molecule has 2 rings (SSSR count).